The van der Waals surface area contributed by atoms with Crippen LogP contribution in [0.4, 0.5) is 0 Å². The molecule has 0 amide bonds. The molecule has 0 aliphatic carbocycles. The van der Waals surface area contributed by atoms with Gasteiger partial charge >= 0.3 is 0 Å². The van der Waals surface area contributed by atoms with Gasteiger partial charge in [-0.05, 0) is 26.3 Å². The highest BCUT2D eigenvalue weighted by molar-refractivity contribution is 5.45. The largest absolute Gasteiger partial charge is 0.504 e. The van der Waals surface area contributed by atoms with Crippen LogP contribution in [0.5, 0.6) is 11.5 Å². The Morgan fingerprint density at radius 2 is 2.33 bits per heavy atom. The van der Waals surface area contributed by atoms with E-state index in [1.54, 1.807) is 6.07 Å². The molecule has 100 valence electrons. The van der Waals surface area contributed by atoms with E-state index in [1.165, 1.54) is 0 Å². The normalized spacial score (nSPS) is 23.2. The molecule has 0 spiro atoms. The highest BCUT2D eigenvalue weighted by Gasteiger charge is 2.29. The van der Waals surface area contributed by atoms with E-state index in [4.69, 9.17) is 9.47 Å². The second-order valence-electron chi connectivity index (χ2n) is 4.91. The molecule has 1 heterocycles. The van der Waals surface area contributed by atoms with Crippen molar-refractivity contribution in [3.63, 3.8) is 0 Å². The van der Waals surface area contributed by atoms with Crippen molar-refractivity contribution in [1.29, 1.82) is 0 Å². The molecule has 1 atom stereocenters. The third-order valence-corrected chi connectivity index (χ3v) is 3.31. The van der Waals surface area contributed by atoms with Crippen LogP contribution in [0.15, 0.2) is 18.2 Å². The number of aromatic hydroxyl groups is 1. The van der Waals surface area contributed by atoms with Crippen LogP contribution in [0, 0.1) is 0 Å². The Labute approximate surface area is 108 Å². The fourth-order valence-electron chi connectivity index (χ4n) is 2.10. The lowest BCUT2D eigenvalue weighted by molar-refractivity contribution is 0.171. The third kappa shape index (κ3) is 2.94. The maximum atomic E-state index is 10.1. The molecule has 0 aromatic heterocycles. The first kappa shape index (κ1) is 13.2. The summed E-state index contributed by atoms with van der Waals surface area (Å²) in [6, 6.07) is 5.59. The standard InChI is InChI=1S/C14H21NO3/c1-3-18-12-6-4-5-11(13(12)16)9-15-14(2)7-8-17-10-14/h4-6,15-16H,3,7-10H2,1-2H3. The summed E-state index contributed by atoms with van der Waals surface area (Å²) >= 11 is 0. The van der Waals surface area contributed by atoms with Crippen molar-refractivity contribution in [3.8, 4) is 11.5 Å². The van der Waals surface area contributed by atoms with Crippen molar-refractivity contribution >= 4 is 0 Å². The van der Waals surface area contributed by atoms with Gasteiger partial charge in [-0.1, -0.05) is 12.1 Å². The average Bonchev–Trinajstić information content (AvgIpc) is 2.78. The molecular formula is C14H21NO3. The van der Waals surface area contributed by atoms with Crippen molar-refractivity contribution < 1.29 is 14.6 Å². The van der Waals surface area contributed by atoms with Gasteiger partial charge in [-0.15, -0.1) is 0 Å². The highest BCUT2D eigenvalue weighted by atomic mass is 16.5. The van der Waals surface area contributed by atoms with Crippen LogP contribution in [0.25, 0.3) is 0 Å². The Bertz CT molecular complexity index is 400. The minimum atomic E-state index is 0.00799. The summed E-state index contributed by atoms with van der Waals surface area (Å²) in [4.78, 5) is 0. The van der Waals surface area contributed by atoms with Gasteiger partial charge in [0.15, 0.2) is 11.5 Å². The van der Waals surface area contributed by atoms with Crippen LogP contribution in [0.1, 0.15) is 25.8 Å². The van der Waals surface area contributed by atoms with E-state index in [2.05, 4.69) is 12.2 Å². The molecule has 1 unspecified atom stereocenters. The zero-order valence-corrected chi connectivity index (χ0v) is 11.0. The lowest BCUT2D eigenvalue weighted by Crippen LogP contribution is -2.42. The van der Waals surface area contributed by atoms with Gasteiger partial charge in [0.05, 0.1) is 13.2 Å². The predicted octanol–water partition coefficient (Wildman–Crippen LogP) is 2.06. The number of hydrogen-bond acceptors (Lipinski definition) is 4. The van der Waals surface area contributed by atoms with E-state index in [0.717, 1.165) is 25.2 Å². The summed E-state index contributed by atoms with van der Waals surface area (Å²) in [5, 5.41) is 13.5. The lowest BCUT2D eigenvalue weighted by atomic mass is 10.0. The van der Waals surface area contributed by atoms with E-state index < -0.39 is 0 Å². The quantitative estimate of drug-likeness (QED) is 0.841. The predicted molar refractivity (Wildman–Crippen MR) is 70.0 cm³/mol. The van der Waals surface area contributed by atoms with Crippen molar-refractivity contribution in [1.82, 2.24) is 5.32 Å². The molecule has 1 aromatic rings. The minimum Gasteiger partial charge on any atom is -0.504 e. The number of ether oxygens (including phenoxy) is 2. The smallest absolute Gasteiger partial charge is 0.162 e. The second kappa shape index (κ2) is 5.59. The summed E-state index contributed by atoms with van der Waals surface area (Å²) in [6.07, 6.45) is 0.999. The van der Waals surface area contributed by atoms with Gasteiger partial charge in [-0.3, -0.25) is 0 Å². The maximum absolute atomic E-state index is 10.1. The lowest BCUT2D eigenvalue weighted by Gasteiger charge is -2.24. The van der Waals surface area contributed by atoms with E-state index >= 15 is 0 Å². The van der Waals surface area contributed by atoms with Gasteiger partial charge in [-0.25, -0.2) is 0 Å². The molecule has 1 fully saturated rings. The summed E-state index contributed by atoms with van der Waals surface area (Å²) in [5.74, 6) is 0.777. The van der Waals surface area contributed by atoms with E-state index in [9.17, 15) is 5.11 Å². The number of hydrogen-bond donors (Lipinski definition) is 2. The van der Waals surface area contributed by atoms with Crippen LogP contribution in [0.3, 0.4) is 0 Å². The summed E-state index contributed by atoms with van der Waals surface area (Å²) in [6.45, 7) is 6.74. The van der Waals surface area contributed by atoms with Crippen molar-refractivity contribution in [2.24, 2.45) is 0 Å². The summed E-state index contributed by atoms with van der Waals surface area (Å²) in [5.41, 5.74) is 0.864. The first-order valence-electron chi connectivity index (χ1n) is 6.41. The molecule has 1 aromatic carbocycles. The molecule has 4 nitrogen and oxygen atoms in total. The molecule has 0 saturated carbocycles. The van der Waals surface area contributed by atoms with E-state index in [-0.39, 0.29) is 11.3 Å². The van der Waals surface area contributed by atoms with Crippen LogP contribution < -0.4 is 10.1 Å². The van der Waals surface area contributed by atoms with Gasteiger partial charge in [-0.2, -0.15) is 0 Å². The Morgan fingerprint density at radius 3 is 3.00 bits per heavy atom. The zero-order valence-electron chi connectivity index (χ0n) is 11.0. The van der Waals surface area contributed by atoms with Crippen LogP contribution in [0.2, 0.25) is 0 Å². The van der Waals surface area contributed by atoms with Crippen molar-refractivity contribution in [2.45, 2.75) is 32.4 Å². The minimum absolute atomic E-state index is 0.00799. The van der Waals surface area contributed by atoms with Gasteiger partial charge < -0.3 is 19.9 Å². The first-order chi connectivity index (χ1) is 8.64. The number of rotatable bonds is 5. The fourth-order valence-corrected chi connectivity index (χ4v) is 2.10. The monoisotopic (exact) mass is 251 g/mol. The third-order valence-electron chi connectivity index (χ3n) is 3.31. The van der Waals surface area contributed by atoms with Crippen molar-refractivity contribution in [2.75, 3.05) is 19.8 Å². The molecule has 4 heteroatoms. The van der Waals surface area contributed by atoms with Crippen LogP contribution in [-0.4, -0.2) is 30.5 Å². The Morgan fingerprint density at radius 1 is 1.50 bits per heavy atom. The molecule has 18 heavy (non-hydrogen) atoms. The Kier molecular flexibility index (Phi) is 4.09. The zero-order chi connectivity index (χ0) is 13.0. The van der Waals surface area contributed by atoms with Gasteiger partial charge in [0, 0.05) is 24.3 Å². The molecule has 0 bridgehead atoms. The number of para-hydroxylation sites is 1. The molecule has 1 aliphatic heterocycles. The van der Waals surface area contributed by atoms with Crippen molar-refractivity contribution in [3.05, 3.63) is 23.8 Å². The SMILES string of the molecule is CCOc1cccc(CNC2(C)CCOC2)c1O. The maximum Gasteiger partial charge on any atom is 0.162 e. The molecular weight excluding hydrogens is 230 g/mol. The van der Waals surface area contributed by atoms with E-state index in [1.807, 2.05) is 19.1 Å². The summed E-state index contributed by atoms with van der Waals surface area (Å²) in [7, 11) is 0. The molecule has 1 saturated heterocycles. The molecule has 2 N–H and O–H groups in total. The van der Waals surface area contributed by atoms with E-state index in [0.29, 0.717) is 18.9 Å². The molecule has 2 rings (SSSR count). The summed E-state index contributed by atoms with van der Waals surface area (Å²) < 4.78 is 10.8. The molecule has 0 radical (unpaired) electrons. The topological polar surface area (TPSA) is 50.7 Å². The highest BCUT2D eigenvalue weighted by Crippen LogP contribution is 2.30. The van der Waals surface area contributed by atoms with Gasteiger partial charge in [0.2, 0.25) is 0 Å². The number of benzene rings is 1. The van der Waals surface area contributed by atoms with Crippen LogP contribution >= 0.6 is 0 Å². The van der Waals surface area contributed by atoms with Gasteiger partial charge in [0.1, 0.15) is 0 Å². The fraction of sp³-hybridized carbons (Fsp3) is 0.571. The number of nitrogens with one attached hydrogen (secondary N) is 1. The first-order valence-corrected chi connectivity index (χ1v) is 6.41. The second-order valence-corrected chi connectivity index (χ2v) is 4.91. The Hall–Kier alpha value is -1.26. The molecule has 1 aliphatic rings. The number of phenolic OH excluding ortho intramolecular Hbond substituents is 1. The van der Waals surface area contributed by atoms with Gasteiger partial charge in [0.25, 0.3) is 0 Å². The van der Waals surface area contributed by atoms with Crippen LogP contribution in [-0.2, 0) is 11.3 Å². The average molecular weight is 251 g/mol. The Balaban J connectivity index is 2.02. The number of phenols is 1.